The fraction of sp³-hybridized carbons (Fsp3) is 0.167. The van der Waals surface area contributed by atoms with Crippen LogP contribution in [0.1, 0.15) is 5.56 Å². The maximum Gasteiger partial charge on any atom is 0.291 e. The molecular weight excluding hydrogens is 208 g/mol. The van der Waals surface area contributed by atoms with Crippen LogP contribution >= 0.6 is 34.8 Å². The van der Waals surface area contributed by atoms with Crippen LogP contribution in [-0.2, 0) is 5.88 Å². The molecule has 0 aliphatic carbocycles. The van der Waals surface area contributed by atoms with E-state index in [1.807, 2.05) is 0 Å². The molecule has 1 heterocycles. The summed E-state index contributed by atoms with van der Waals surface area (Å²) in [5, 5.41) is 11.0. The Morgan fingerprint density at radius 3 is 2.55 bits per heavy atom. The van der Waals surface area contributed by atoms with E-state index >= 15 is 0 Å². The Morgan fingerprint density at radius 2 is 2.00 bits per heavy atom. The van der Waals surface area contributed by atoms with Gasteiger partial charge in [0.05, 0.1) is 11.4 Å². The van der Waals surface area contributed by atoms with E-state index in [1.54, 1.807) is 6.07 Å². The second-order valence-electron chi connectivity index (χ2n) is 1.90. The van der Waals surface area contributed by atoms with Gasteiger partial charge in [-0.2, -0.15) is 0 Å². The third-order valence-corrected chi connectivity index (χ3v) is 2.17. The SMILES string of the molecule is [O-][n+]1c(Cl)ccc(CCl)c1Cl. The quantitative estimate of drug-likeness (QED) is 0.304. The van der Waals surface area contributed by atoms with Crippen LogP contribution in [0.4, 0.5) is 0 Å². The Labute approximate surface area is 78.9 Å². The fourth-order valence-electron chi connectivity index (χ4n) is 0.630. The van der Waals surface area contributed by atoms with Gasteiger partial charge in [0.25, 0.3) is 10.3 Å². The Kier molecular flexibility index (Phi) is 2.82. The fourth-order valence-corrected chi connectivity index (χ4v) is 1.33. The van der Waals surface area contributed by atoms with E-state index in [1.165, 1.54) is 6.07 Å². The molecule has 5 heteroatoms. The lowest BCUT2D eigenvalue weighted by Crippen LogP contribution is -2.29. The minimum atomic E-state index is 0.0347. The number of hydrogen-bond donors (Lipinski definition) is 0. The molecule has 11 heavy (non-hydrogen) atoms. The average Bonchev–Trinajstić information content (AvgIpc) is 2.01. The van der Waals surface area contributed by atoms with Crippen molar-refractivity contribution in [2.45, 2.75) is 5.88 Å². The lowest BCUT2D eigenvalue weighted by molar-refractivity contribution is -0.601. The Bertz CT molecular complexity index is 277. The normalized spacial score (nSPS) is 10.1. The first-order valence-electron chi connectivity index (χ1n) is 2.79. The number of halogens is 3. The number of alkyl halides is 1. The highest BCUT2D eigenvalue weighted by atomic mass is 35.5. The molecule has 60 valence electrons. The molecule has 0 N–H and O–H groups in total. The van der Waals surface area contributed by atoms with Gasteiger partial charge in [0, 0.05) is 6.07 Å². The number of rotatable bonds is 1. The van der Waals surface area contributed by atoms with Crippen LogP contribution in [0.3, 0.4) is 0 Å². The summed E-state index contributed by atoms with van der Waals surface area (Å²) in [6.45, 7) is 0. The highest BCUT2D eigenvalue weighted by molar-refractivity contribution is 6.31. The van der Waals surface area contributed by atoms with Crippen molar-refractivity contribution in [1.82, 2.24) is 0 Å². The minimum absolute atomic E-state index is 0.0347. The molecule has 0 fully saturated rings. The molecule has 0 saturated carbocycles. The van der Waals surface area contributed by atoms with Gasteiger partial charge in [0.15, 0.2) is 0 Å². The zero-order valence-electron chi connectivity index (χ0n) is 5.35. The summed E-state index contributed by atoms with van der Waals surface area (Å²) in [6.07, 6.45) is 0. The van der Waals surface area contributed by atoms with Gasteiger partial charge in [-0.1, -0.05) is 0 Å². The molecule has 0 saturated heterocycles. The van der Waals surface area contributed by atoms with Gasteiger partial charge in [-0.15, -0.1) is 16.3 Å². The van der Waals surface area contributed by atoms with Crippen LogP contribution in [0.25, 0.3) is 0 Å². The Balaban J connectivity index is 3.25. The molecule has 0 aliphatic rings. The van der Waals surface area contributed by atoms with Crippen LogP contribution in [0.2, 0.25) is 10.3 Å². The number of hydrogen-bond acceptors (Lipinski definition) is 1. The van der Waals surface area contributed by atoms with E-state index < -0.39 is 0 Å². The van der Waals surface area contributed by atoms with E-state index in [4.69, 9.17) is 34.8 Å². The van der Waals surface area contributed by atoms with E-state index in [0.29, 0.717) is 10.3 Å². The summed E-state index contributed by atoms with van der Waals surface area (Å²) in [5.41, 5.74) is 0.577. The first-order chi connectivity index (χ1) is 5.16. The van der Waals surface area contributed by atoms with Gasteiger partial charge in [-0.25, -0.2) is 0 Å². The van der Waals surface area contributed by atoms with Gasteiger partial charge in [-0.05, 0) is 29.3 Å². The maximum absolute atomic E-state index is 10.9. The smallest absolute Gasteiger partial charge is 0.291 e. The second kappa shape index (κ2) is 3.48. The molecule has 1 aromatic heterocycles. The number of pyridine rings is 1. The van der Waals surface area contributed by atoms with Crippen LogP contribution in [0, 0.1) is 5.21 Å². The molecule has 0 atom stereocenters. The standard InChI is InChI=1S/C6H4Cl3NO/c7-3-4-1-2-5(8)10(11)6(4)9/h1-2H,3H2. The molecule has 0 aliphatic heterocycles. The molecule has 1 aromatic rings. The second-order valence-corrected chi connectivity index (χ2v) is 2.91. The molecule has 0 spiro atoms. The summed E-state index contributed by atoms with van der Waals surface area (Å²) in [7, 11) is 0. The molecule has 0 unspecified atom stereocenters. The van der Waals surface area contributed by atoms with Crippen molar-refractivity contribution >= 4 is 34.8 Å². The zero-order valence-corrected chi connectivity index (χ0v) is 7.62. The summed E-state index contributed by atoms with van der Waals surface area (Å²) in [6, 6.07) is 3.07. The van der Waals surface area contributed by atoms with Gasteiger partial charge in [-0.3, -0.25) is 0 Å². The van der Waals surface area contributed by atoms with E-state index in [-0.39, 0.29) is 16.2 Å². The van der Waals surface area contributed by atoms with Crippen LogP contribution in [0.15, 0.2) is 12.1 Å². The highest BCUT2D eigenvalue weighted by Gasteiger charge is 2.11. The van der Waals surface area contributed by atoms with Gasteiger partial charge < -0.3 is 5.21 Å². The Morgan fingerprint density at radius 1 is 1.36 bits per heavy atom. The van der Waals surface area contributed by atoms with Crippen molar-refractivity contribution in [3.63, 3.8) is 0 Å². The van der Waals surface area contributed by atoms with E-state index in [9.17, 15) is 5.21 Å². The van der Waals surface area contributed by atoms with E-state index in [2.05, 4.69) is 0 Å². The Hall–Kier alpha value is -0.180. The lowest BCUT2D eigenvalue weighted by Gasteiger charge is -2.02. The third-order valence-electron chi connectivity index (χ3n) is 1.20. The number of nitrogens with zero attached hydrogens (tertiary/aromatic N) is 1. The molecule has 0 aromatic carbocycles. The van der Waals surface area contributed by atoms with Gasteiger partial charge >= 0.3 is 0 Å². The van der Waals surface area contributed by atoms with Crippen molar-refractivity contribution in [2.24, 2.45) is 0 Å². The number of aromatic nitrogens is 1. The average molecular weight is 212 g/mol. The molecular formula is C6H4Cl3NO. The lowest BCUT2D eigenvalue weighted by atomic mass is 10.3. The summed E-state index contributed by atoms with van der Waals surface area (Å²) >= 11 is 16.5. The minimum Gasteiger partial charge on any atom is -0.617 e. The monoisotopic (exact) mass is 211 g/mol. The largest absolute Gasteiger partial charge is 0.617 e. The van der Waals surface area contributed by atoms with E-state index in [0.717, 1.165) is 0 Å². The predicted octanol–water partition coefficient (Wildman–Crippen LogP) is 2.37. The van der Waals surface area contributed by atoms with Crippen LogP contribution in [-0.4, -0.2) is 0 Å². The van der Waals surface area contributed by atoms with Gasteiger partial charge in [0.2, 0.25) is 0 Å². The molecule has 2 nitrogen and oxygen atoms in total. The summed E-state index contributed by atoms with van der Waals surface area (Å²) in [4.78, 5) is 0. The van der Waals surface area contributed by atoms with Crippen molar-refractivity contribution in [3.8, 4) is 0 Å². The third kappa shape index (κ3) is 1.70. The zero-order chi connectivity index (χ0) is 8.43. The highest BCUT2D eigenvalue weighted by Crippen LogP contribution is 2.15. The van der Waals surface area contributed by atoms with Crippen LogP contribution < -0.4 is 4.73 Å². The molecule has 1 rings (SSSR count). The summed E-state index contributed by atoms with van der Waals surface area (Å²) < 4.78 is 0.431. The van der Waals surface area contributed by atoms with Crippen molar-refractivity contribution < 1.29 is 4.73 Å². The van der Waals surface area contributed by atoms with Crippen molar-refractivity contribution in [1.29, 1.82) is 0 Å². The van der Waals surface area contributed by atoms with Crippen molar-refractivity contribution in [3.05, 3.63) is 33.2 Å². The maximum atomic E-state index is 10.9. The van der Waals surface area contributed by atoms with Crippen molar-refractivity contribution in [2.75, 3.05) is 0 Å². The van der Waals surface area contributed by atoms with Crippen LogP contribution in [0.5, 0.6) is 0 Å². The molecule has 0 radical (unpaired) electrons. The van der Waals surface area contributed by atoms with Gasteiger partial charge in [0.1, 0.15) is 0 Å². The first-order valence-corrected chi connectivity index (χ1v) is 4.08. The first kappa shape index (κ1) is 8.91. The predicted molar refractivity (Wildman–Crippen MR) is 45.0 cm³/mol. The molecule has 0 bridgehead atoms. The topological polar surface area (TPSA) is 26.9 Å². The summed E-state index contributed by atoms with van der Waals surface area (Å²) in [5.74, 6) is 0.207. The molecule has 0 amide bonds.